The Morgan fingerprint density at radius 2 is 2.06 bits per heavy atom. The van der Waals surface area contributed by atoms with Crippen molar-refractivity contribution in [3.8, 4) is 0 Å². The third kappa shape index (κ3) is 2.91. The Kier molecular flexibility index (Phi) is 4.38. The Hall–Kier alpha value is -1.33. The second-order valence-corrected chi connectivity index (χ2v) is 5.51. The Morgan fingerprint density at radius 3 is 2.67 bits per heavy atom. The molecule has 0 spiro atoms. The first-order chi connectivity index (χ1) is 8.74. The Balaban J connectivity index is 2.13. The van der Waals surface area contributed by atoms with Gasteiger partial charge in [0.2, 0.25) is 0 Å². The molecular formula is C12H15ClN4S. The highest BCUT2D eigenvalue weighted by Gasteiger charge is 2.08. The van der Waals surface area contributed by atoms with Crippen LogP contribution in [0.3, 0.4) is 0 Å². The van der Waals surface area contributed by atoms with Gasteiger partial charge in [-0.05, 0) is 18.6 Å². The van der Waals surface area contributed by atoms with Gasteiger partial charge in [0.05, 0.1) is 10.9 Å². The minimum atomic E-state index is 0.727. The zero-order chi connectivity index (χ0) is 13.0. The summed E-state index contributed by atoms with van der Waals surface area (Å²) in [7, 11) is 1.87. The lowest BCUT2D eigenvalue weighted by Gasteiger charge is -2.12. The maximum Gasteiger partial charge on any atom is 0.135 e. The average molecular weight is 283 g/mol. The number of halogens is 1. The predicted molar refractivity (Wildman–Crippen MR) is 77.6 cm³/mol. The molecule has 0 atom stereocenters. The lowest BCUT2D eigenvalue weighted by atomic mass is 10.2. The van der Waals surface area contributed by atoms with Crippen LogP contribution in [0.1, 0.15) is 17.4 Å². The van der Waals surface area contributed by atoms with E-state index in [4.69, 9.17) is 11.6 Å². The van der Waals surface area contributed by atoms with Gasteiger partial charge < -0.3 is 10.6 Å². The van der Waals surface area contributed by atoms with E-state index in [1.165, 1.54) is 4.88 Å². The molecule has 0 aromatic carbocycles. The molecule has 18 heavy (non-hydrogen) atoms. The van der Waals surface area contributed by atoms with Gasteiger partial charge in [-0.1, -0.05) is 18.5 Å². The number of anilines is 2. The van der Waals surface area contributed by atoms with Gasteiger partial charge in [-0.3, -0.25) is 0 Å². The SMILES string of the molecule is CCc1c(NC)ncnc1NCc1ccc(Cl)s1. The number of hydrogen-bond donors (Lipinski definition) is 2. The average Bonchev–Trinajstić information content (AvgIpc) is 2.81. The maximum atomic E-state index is 5.90. The van der Waals surface area contributed by atoms with Crippen LogP contribution in [0.25, 0.3) is 0 Å². The molecule has 0 aliphatic heterocycles. The van der Waals surface area contributed by atoms with Crippen LogP contribution in [-0.2, 0) is 13.0 Å². The van der Waals surface area contributed by atoms with Crippen molar-refractivity contribution >= 4 is 34.6 Å². The predicted octanol–water partition coefficient (Wildman–Crippen LogP) is 3.41. The van der Waals surface area contributed by atoms with Gasteiger partial charge in [-0.25, -0.2) is 9.97 Å². The molecule has 4 nitrogen and oxygen atoms in total. The zero-order valence-electron chi connectivity index (χ0n) is 10.3. The Morgan fingerprint density at radius 1 is 1.28 bits per heavy atom. The van der Waals surface area contributed by atoms with E-state index in [9.17, 15) is 0 Å². The minimum Gasteiger partial charge on any atom is -0.373 e. The van der Waals surface area contributed by atoms with Crippen LogP contribution in [0, 0.1) is 0 Å². The molecule has 0 amide bonds. The second kappa shape index (κ2) is 6.02. The molecule has 0 fully saturated rings. The normalized spacial score (nSPS) is 10.4. The summed E-state index contributed by atoms with van der Waals surface area (Å²) in [6.45, 7) is 2.82. The van der Waals surface area contributed by atoms with Crippen LogP contribution in [0.4, 0.5) is 11.6 Å². The molecule has 0 saturated heterocycles. The molecule has 0 aliphatic rings. The Bertz CT molecular complexity index is 527. The van der Waals surface area contributed by atoms with Crippen LogP contribution in [0.15, 0.2) is 18.5 Å². The fourth-order valence-electron chi connectivity index (χ4n) is 1.73. The summed E-state index contributed by atoms with van der Waals surface area (Å²) in [5.41, 5.74) is 1.10. The molecule has 0 aliphatic carbocycles. The summed E-state index contributed by atoms with van der Waals surface area (Å²) in [6.07, 6.45) is 2.44. The van der Waals surface area contributed by atoms with Gasteiger partial charge in [-0.15, -0.1) is 11.3 Å². The van der Waals surface area contributed by atoms with Crippen LogP contribution in [0.2, 0.25) is 4.34 Å². The first kappa shape index (κ1) is 13.1. The van der Waals surface area contributed by atoms with Crippen molar-refractivity contribution in [3.63, 3.8) is 0 Å². The standard InChI is InChI=1S/C12H15ClN4S/c1-3-9-11(14-2)16-7-17-12(9)15-6-8-4-5-10(13)18-8/h4-5,7H,3,6H2,1-2H3,(H2,14,15,16,17). The first-order valence-electron chi connectivity index (χ1n) is 5.74. The maximum absolute atomic E-state index is 5.90. The minimum absolute atomic E-state index is 0.727. The topological polar surface area (TPSA) is 49.8 Å². The lowest BCUT2D eigenvalue weighted by Crippen LogP contribution is -2.07. The fourth-order valence-corrected chi connectivity index (χ4v) is 2.76. The van der Waals surface area contributed by atoms with E-state index in [1.54, 1.807) is 17.7 Å². The number of rotatable bonds is 5. The highest BCUT2D eigenvalue weighted by Crippen LogP contribution is 2.24. The van der Waals surface area contributed by atoms with Crippen molar-refractivity contribution in [1.29, 1.82) is 0 Å². The number of nitrogens with zero attached hydrogens (tertiary/aromatic N) is 2. The van der Waals surface area contributed by atoms with E-state index >= 15 is 0 Å². The van der Waals surface area contributed by atoms with Crippen molar-refractivity contribution in [1.82, 2.24) is 9.97 Å². The highest BCUT2D eigenvalue weighted by atomic mass is 35.5. The van der Waals surface area contributed by atoms with Gasteiger partial charge in [0, 0.05) is 17.5 Å². The monoisotopic (exact) mass is 282 g/mol. The van der Waals surface area contributed by atoms with E-state index in [-0.39, 0.29) is 0 Å². The van der Waals surface area contributed by atoms with Gasteiger partial charge in [0.1, 0.15) is 18.0 Å². The molecular weight excluding hydrogens is 268 g/mol. The summed E-state index contributed by atoms with van der Waals surface area (Å²) in [6, 6.07) is 3.93. The molecule has 96 valence electrons. The third-order valence-corrected chi connectivity index (χ3v) is 3.83. The second-order valence-electron chi connectivity index (χ2n) is 3.71. The van der Waals surface area contributed by atoms with Crippen LogP contribution < -0.4 is 10.6 Å². The summed E-state index contributed by atoms with van der Waals surface area (Å²) in [4.78, 5) is 9.68. The molecule has 0 radical (unpaired) electrons. The van der Waals surface area contributed by atoms with Gasteiger partial charge >= 0.3 is 0 Å². The highest BCUT2D eigenvalue weighted by molar-refractivity contribution is 7.16. The fraction of sp³-hybridized carbons (Fsp3) is 0.333. The van der Waals surface area contributed by atoms with Crippen molar-refractivity contribution < 1.29 is 0 Å². The van der Waals surface area contributed by atoms with Crippen molar-refractivity contribution in [2.45, 2.75) is 19.9 Å². The van der Waals surface area contributed by atoms with E-state index in [0.29, 0.717) is 0 Å². The summed E-state index contributed by atoms with van der Waals surface area (Å²) in [5.74, 6) is 1.75. The molecule has 6 heteroatoms. The quantitative estimate of drug-likeness (QED) is 0.882. The third-order valence-electron chi connectivity index (χ3n) is 2.59. The van der Waals surface area contributed by atoms with E-state index in [1.807, 2.05) is 19.2 Å². The van der Waals surface area contributed by atoms with Crippen molar-refractivity contribution in [3.05, 3.63) is 33.2 Å². The number of aromatic nitrogens is 2. The summed E-state index contributed by atoms with van der Waals surface area (Å²) in [5, 5.41) is 6.41. The molecule has 0 bridgehead atoms. The van der Waals surface area contributed by atoms with Gasteiger partial charge in [0.25, 0.3) is 0 Å². The number of nitrogens with one attached hydrogen (secondary N) is 2. The smallest absolute Gasteiger partial charge is 0.135 e. The number of thiophene rings is 1. The zero-order valence-corrected chi connectivity index (χ0v) is 11.9. The first-order valence-corrected chi connectivity index (χ1v) is 6.93. The summed E-state index contributed by atoms with van der Waals surface area (Å²) < 4.78 is 0.807. The molecule has 2 N–H and O–H groups in total. The van der Waals surface area contributed by atoms with E-state index in [0.717, 1.165) is 34.5 Å². The summed E-state index contributed by atoms with van der Waals surface area (Å²) >= 11 is 7.48. The van der Waals surface area contributed by atoms with Crippen LogP contribution in [-0.4, -0.2) is 17.0 Å². The van der Waals surface area contributed by atoms with Crippen LogP contribution in [0.5, 0.6) is 0 Å². The molecule has 2 aromatic rings. The molecule has 2 heterocycles. The van der Waals surface area contributed by atoms with E-state index < -0.39 is 0 Å². The molecule has 2 aromatic heterocycles. The lowest BCUT2D eigenvalue weighted by molar-refractivity contribution is 1.02. The van der Waals surface area contributed by atoms with E-state index in [2.05, 4.69) is 27.5 Å². The Labute approximate surface area is 115 Å². The molecule has 0 unspecified atom stereocenters. The van der Waals surface area contributed by atoms with Crippen molar-refractivity contribution in [2.75, 3.05) is 17.7 Å². The molecule has 0 saturated carbocycles. The van der Waals surface area contributed by atoms with Gasteiger partial charge in [0.15, 0.2) is 0 Å². The van der Waals surface area contributed by atoms with Gasteiger partial charge in [-0.2, -0.15) is 0 Å². The van der Waals surface area contributed by atoms with Crippen LogP contribution >= 0.6 is 22.9 Å². The number of hydrogen-bond acceptors (Lipinski definition) is 5. The largest absolute Gasteiger partial charge is 0.373 e. The molecule has 2 rings (SSSR count). The van der Waals surface area contributed by atoms with Crippen molar-refractivity contribution in [2.24, 2.45) is 0 Å².